The second kappa shape index (κ2) is 12.6. The first-order valence-corrected chi connectivity index (χ1v) is 9.01. The highest BCUT2D eigenvalue weighted by Crippen LogP contribution is 2.17. The largest absolute Gasteiger partial charge is 0.497 e. The normalized spacial score (nSPS) is 12.6. The zero-order valence-electron chi connectivity index (χ0n) is 16.2. The Morgan fingerprint density at radius 2 is 2.19 bits per heavy atom. The van der Waals surface area contributed by atoms with Gasteiger partial charge in [-0.1, -0.05) is 42.7 Å². The summed E-state index contributed by atoms with van der Waals surface area (Å²) in [6.07, 6.45) is 7.63. The number of halogens is 1. The molecule has 0 heterocycles. The number of carbonyl (C=O) groups is 1. The second-order valence-corrected chi connectivity index (χ2v) is 5.89. The molecule has 0 aliphatic heterocycles. The van der Waals surface area contributed by atoms with Crippen LogP contribution in [0.5, 0.6) is 5.75 Å². The van der Waals surface area contributed by atoms with E-state index in [1.807, 2.05) is 32.1 Å². The quantitative estimate of drug-likeness (QED) is 0.292. The third-order valence-electron chi connectivity index (χ3n) is 3.48. The molecule has 0 unspecified atom stereocenters. The molecule has 27 heavy (non-hydrogen) atoms. The molecule has 0 radical (unpaired) electrons. The molecule has 1 aromatic rings. The Morgan fingerprint density at radius 1 is 1.41 bits per heavy atom. The van der Waals surface area contributed by atoms with Crippen molar-refractivity contribution in [2.45, 2.75) is 27.2 Å². The van der Waals surface area contributed by atoms with Gasteiger partial charge in [0.15, 0.2) is 0 Å². The van der Waals surface area contributed by atoms with Crippen LogP contribution in [-0.2, 0) is 4.79 Å². The summed E-state index contributed by atoms with van der Waals surface area (Å²) >= 11 is 6.23. The zero-order valence-corrected chi connectivity index (χ0v) is 16.9. The van der Waals surface area contributed by atoms with Crippen LogP contribution < -0.4 is 10.1 Å². The van der Waals surface area contributed by atoms with Gasteiger partial charge in [-0.05, 0) is 38.0 Å². The molecule has 0 aromatic heterocycles. The minimum absolute atomic E-state index is 0.298. The molecule has 142 valence electrons. The highest BCUT2D eigenvalue weighted by Gasteiger charge is 2.08. The number of anilines is 1. The summed E-state index contributed by atoms with van der Waals surface area (Å²) in [5.41, 5.74) is 1.92. The highest BCUT2D eigenvalue weighted by atomic mass is 35.5. The van der Waals surface area contributed by atoms with Crippen LogP contribution in [0.3, 0.4) is 0 Å². The number of methoxy groups -OCH3 is 1. The summed E-state index contributed by atoms with van der Waals surface area (Å²) in [6.45, 7) is 6.01. The first kappa shape index (κ1) is 22.3. The van der Waals surface area contributed by atoms with Crippen molar-refractivity contribution < 1.29 is 9.53 Å². The van der Waals surface area contributed by atoms with Crippen LogP contribution in [0, 0.1) is 11.8 Å². The Bertz CT molecular complexity index is 824. The first-order valence-electron chi connectivity index (χ1n) is 8.63. The molecular formula is C22H25ClN2O2. The molecule has 1 rings (SSSR count). The molecule has 4 nitrogen and oxygen atoms in total. The Balaban J connectivity index is 2.97. The Hall–Kier alpha value is -2.77. The summed E-state index contributed by atoms with van der Waals surface area (Å²) in [5.74, 6) is 5.91. The molecule has 0 bridgehead atoms. The van der Waals surface area contributed by atoms with E-state index in [1.165, 1.54) is 6.21 Å². The highest BCUT2D eigenvalue weighted by molar-refractivity contribution is 6.30. The van der Waals surface area contributed by atoms with Gasteiger partial charge in [-0.2, -0.15) is 0 Å². The smallest absolute Gasteiger partial charge is 0.257 e. The molecule has 0 saturated carbocycles. The van der Waals surface area contributed by atoms with E-state index < -0.39 is 0 Å². The maximum atomic E-state index is 12.6. The molecule has 0 aliphatic carbocycles. The number of hydrogen-bond donors (Lipinski definition) is 1. The van der Waals surface area contributed by atoms with E-state index in [-0.39, 0.29) is 5.91 Å². The van der Waals surface area contributed by atoms with Crippen molar-refractivity contribution in [3.63, 3.8) is 0 Å². The van der Waals surface area contributed by atoms with Crippen molar-refractivity contribution in [2.75, 3.05) is 19.0 Å². The average Bonchev–Trinajstić information content (AvgIpc) is 2.69. The van der Waals surface area contributed by atoms with Gasteiger partial charge in [0.2, 0.25) is 0 Å². The van der Waals surface area contributed by atoms with E-state index in [2.05, 4.69) is 22.2 Å². The van der Waals surface area contributed by atoms with Crippen molar-refractivity contribution >= 4 is 29.4 Å². The lowest BCUT2D eigenvalue weighted by atomic mass is 10.2. The third-order valence-corrected chi connectivity index (χ3v) is 3.99. The third kappa shape index (κ3) is 7.98. The number of amides is 1. The minimum Gasteiger partial charge on any atom is -0.497 e. The van der Waals surface area contributed by atoms with E-state index >= 15 is 0 Å². The Labute approximate surface area is 166 Å². The van der Waals surface area contributed by atoms with Crippen LogP contribution in [-0.4, -0.2) is 25.8 Å². The number of allylic oxidation sites excluding steroid dienone is 3. The SMILES string of the molecule is CC#C/C=C(\C=NCC(/C=C\C)=C(\Cl)CC)C(=O)Nc1cccc(OC)c1. The Kier molecular flexibility index (Phi) is 10.4. The van der Waals surface area contributed by atoms with Gasteiger partial charge in [0.1, 0.15) is 5.75 Å². The number of nitrogens with one attached hydrogen (secondary N) is 1. The van der Waals surface area contributed by atoms with Gasteiger partial charge < -0.3 is 10.1 Å². The van der Waals surface area contributed by atoms with Gasteiger partial charge in [0.25, 0.3) is 5.91 Å². The molecule has 5 heteroatoms. The fraction of sp³-hybridized carbons (Fsp3) is 0.273. The number of carbonyl (C=O) groups excluding carboxylic acids is 1. The lowest BCUT2D eigenvalue weighted by Gasteiger charge is -2.07. The number of nitrogens with zero attached hydrogens (tertiary/aromatic N) is 1. The summed E-state index contributed by atoms with van der Waals surface area (Å²) in [6, 6.07) is 7.14. The van der Waals surface area contributed by atoms with Gasteiger partial charge >= 0.3 is 0 Å². The van der Waals surface area contributed by atoms with E-state index in [4.69, 9.17) is 16.3 Å². The van der Waals surface area contributed by atoms with Crippen LogP contribution in [0.4, 0.5) is 5.69 Å². The molecule has 1 aromatic carbocycles. The molecule has 1 amide bonds. The van der Waals surface area contributed by atoms with Crippen molar-refractivity contribution in [1.29, 1.82) is 0 Å². The second-order valence-electron chi connectivity index (χ2n) is 5.43. The maximum absolute atomic E-state index is 12.6. The molecule has 0 atom stereocenters. The minimum atomic E-state index is -0.298. The summed E-state index contributed by atoms with van der Waals surface area (Å²) in [5, 5.41) is 3.58. The number of benzene rings is 1. The van der Waals surface area contributed by atoms with Crippen molar-refractivity contribution in [1.82, 2.24) is 0 Å². The van der Waals surface area contributed by atoms with Gasteiger partial charge in [-0.25, -0.2) is 0 Å². The number of ether oxygens (including phenoxy) is 1. The summed E-state index contributed by atoms with van der Waals surface area (Å²) < 4.78 is 5.17. The van der Waals surface area contributed by atoms with E-state index in [0.717, 1.165) is 17.0 Å². The predicted molar refractivity (Wildman–Crippen MR) is 114 cm³/mol. The standard InChI is InChI=1S/C22H25ClN2O2/c1-5-8-11-18(16-24-15-17(10-6-2)21(23)7-3)22(26)25-19-12-9-13-20(14-19)27-4/h6,9-14,16H,7,15H2,1-4H3,(H,25,26)/b10-6-,18-11+,21-17-,24-16?. The number of hydrogen-bond acceptors (Lipinski definition) is 3. The summed E-state index contributed by atoms with van der Waals surface area (Å²) in [7, 11) is 1.58. The molecule has 0 spiro atoms. The van der Waals surface area contributed by atoms with Crippen LogP contribution >= 0.6 is 11.6 Å². The topological polar surface area (TPSA) is 50.7 Å². The van der Waals surface area contributed by atoms with Crippen LogP contribution in [0.25, 0.3) is 0 Å². The van der Waals surface area contributed by atoms with Crippen molar-refractivity contribution in [3.05, 3.63) is 58.7 Å². The van der Waals surface area contributed by atoms with Gasteiger partial charge in [0, 0.05) is 29.1 Å². The predicted octanol–water partition coefficient (Wildman–Crippen LogP) is 5.13. The van der Waals surface area contributed by atoms with E-state index in [9.17, 15) is 4.79 Å². The van der Waals surface area contributed by atoms with E-state index in [1.54, 1.807) is 38.3 Å². The lowest BCUT2D eigenvalue weighted by molar-refractivity contribution is -0.112. The fourth-order valence-electron chi connectivity index (χ4n) is 2.11. The average molecular weight is 385 g/mol. The molecule has 0 fully saturated rings. The molecular weight excluding hydrogens is 360 g/mol. The fourth-order valence-corrected chi connectivity index (χ4v) is 2.24. The van der Waals surface area contributed by atoms with Crippen LogP contribution in [0.1, 0.15) is 27.2 Å². The van der Waals surface area contributed by atoms with Gasteiger partial charge in [-0.3, -0.25) is 9.79 Å². The van der Waals surface area contributed by atoms with Crippen molar-refractivity contribution in [2.24, 2.45) is 4.99 Å². The summed E-state index contributed by atoms with van der Waals surface area (Å²) in [4.78, 5) is 16.9. The van der Waals surface area contributed by atoms with Crippen LogP contribution in [0.2, 0.25) is 0 Å². The molecule has 0 aliphatic rings. The van der Waals surface area contributed by atoms with Gasteiger partial charge in [0.05, 0.1) is 19.2 Å². The zero-order chi connectivity index (χ0) is 20.1. The van der Waals surface area contributed by atoms with Gasteiger partial charge in [-0.15, -0.1) is 5.92 Å². The molecule has 1 N–H and O–H groups in total. The molecule has 0 saturated heterocycles. The maximum Gasteiger partial charge on any atom is 0.257 e. The Morgan fingerprint density at radius 3 is 2.81 bits per heavy atom. The number of aliphatic imine (C=N–C) groups is 1. The number of rotatable bonds is 8. The van der Waals surface area contributed by atoms with Crippen LogP contribution in [0.15, 0.2) is 63.7 Å². The van der Waals surface area contributed by atoms with E-state index in [0.29, 0.717) is 23.6 Å². The first-order chi connectivity index (χ1) is 13.0. The lowest BCUT2D eigenvalue weighted by Crippen LogP contribution is -2.15. The van der Waals surface area contributed by atoms with Crippen molar-refractivity contribution in [3.8, 4) is 17.6 Å². The monoisotopic (exact) mass is 384 g/mol.